The third-order valence-electron chi connectivity index (χ3n) is 4.24. The predicted octanol–water partition coefficient (Wildman–Crippen LogP) is 2.10. The van der Waals surface area contributed by atoms with Crippen molar-refractivity contribution >= 4 is 29.5 Å². The van der Waals surface area contributed by atoms with Gasteiger partial charge in [0, 0.05) is 18.9 Å². The SMILES string of the molecule is CSCC[C@H](NC(=O)C(CC(=O)NO)CC(C)C)C(=O)NCc1ccccc1. The van der Waals surface area contributed by atoms with Gasteiger partial charge in [-0.05, 0) is 36.3 Å². The van der Waals surface area contributed by atoms with Gasteiger partial charge in [-0.1, -0.05) is 44.2 Å². The lowest BCUT2D eigenvalue weighted by molar-refractivity contribution is -0.136. The van der Waals surface area contributed by atoms with E-state index in [1.165, 1.54) is 0 Å². The lowest BCUT2D eigenvalue weighted by Crippen LogP contribution is -2.49. The Hall–Kier alpha value is -2.06. The van der Waals surface area contributed by atoms with Crippen LogP contribution in [-0.2, 0) is 20.9 Å². The lowest BCUT2D eigenvalue weighted by atomic mass is 9.92. The number of hydroxylamine groups is 1. The van der Waals surface area contributed by atoms with Crippen LogP contribution in [0.4, 0.5) is 0 Å². The molecule has 0 heterocycles. The highest BCUT2D eigenvalue weighted by Gasteiger charge is 2.27. The minimum absolute atomic E-state index is 0.124. The molecule has 1 aromatic carbocycles. The molecule has 8 heteroatoms. The molecule has 0 bridgehead atoms. The van der Waals surface area contributed by atoms with Crippen molar-refractivity contribution in [3.05, 3.63) is 35.9 Å². The van der Waals surface area contributed by atoms with Gasteiger partial charge in [0.15, 0.2) is 0 Å². The van der Waals surface area contributed by atoms with E-state index in [2.05, 4.69) is 10.6 Å². The standard InChI is InChI=1S/C20H31N3O4S/c1-14(2)11-16(12-18(24)23-27)19(25)22-17(9-10-28-3)20(26)21-13-15-7-5-4-6-8-15/h4-8,14,16-17,27H,9-13H2,1-3H3,(H,21,26)(H,22,25)(H,23,24)/t16?,17-/m0/s1. The first kappa shape index (κ1) is 24.0. The van der Waals surface area contributed by atoms with Gasteiger partial charge in [-0.25, -0.2) is 5.48 Å². The largest absolute Gasteiger partial charge is 0.350 e. The van der Waals surface area contributed by atoms with Gasteiger partial charge in [0.1, 0.15) is 6.04 Å². The summed E-state index contributed by atoms with van der Waals surface area (Å²) in [6.45, 7) is 4.29. The Morgan fingerprint density at radius 2 is 1.79 bits per heavy atom. The van der Waals surface area contributed by atoms with Gasteiger partial charge >= 0.3 is 0 Å². The van der Waals surface area contributed by atoms with Gasteiger partial charge in [-0.15, -0.1) is 0 Å². The number of thioether (sulfide) groups is 1. The number of rotatable bonds is 12. The van der Waals surface area contributed by atoms with Crippen molar-refractivity contribution in [2.45, 2.75) is 45.7 Å². The first-order valence-corrected chi connectivity index (χ1v) is 10.8. The normalized spacial score (nSPS) is 12.9. The number of nitrogens with one attached hydrogen (secondary N) is 3. The van der Waals surface area contributed by atoms with Crippen LogP contribution in [0.5, 0.6) is 0 Å². The minimum atomic E-state index is -0.671. The summed E-state index contributed by atoms with van der Waals surface area (Å²) in [4.78, 5) is 36.9. The Morgan fingerprint density at radius 3 is 2.36 bits per heavy atom. The molecule has 0 aromatic heterocycles. The van der Waals surface area contributed by atoms with Gasteiger partial charge in [-0.2, -0.15) is 11.8 Å². The Bertz CT molecular complexity index is 625. The second-order valence-electron chi connectivity index (χ2n) is 7.11. The Morgan fingerprint density at radius 1 is 1.11 bits per heavy atom. The maximum absolute atomic E-state index is 12.7. The number of carbonyl (C=O) groups excluding carboxylic acids is 3. The van der Waals surface area contributed by atoms with E-state index >= 15 is 0 Å². The molecule has 1 aromatic rings. The van der Waals surface area contributed by atoms with Crippen LogP contribution >= 0.6 is 11.8 Å². The topological polar surface area (TPSA) is 108 Å². The van der Waals surface area contributed by atoms with Crippen molar-refractivity contribution in [1.82, 2.24) is 16.1 Å². The van der Waals surface area contributed by atoms with Crippen LogP contribution in [0.1, 0.15) is 38.7 Å². The maximum Gasteiger partial charge on any atom is 0.244 e. The smallest absolute Gasteiger partial charge is 0.244 e. The molecule has 7 nitrogen and oxygen atoms in total. The molecular formula is C20H31N3O4S. The molecule has 0 aliphatic rings. The fourth-order valence-corrected chi connectivity index (χ4v) is 3.30. The van der Waals surface area contributed by atoms with E-state index in [0.29, 0.717) is 19.4 Å². The lowest BCUT2D eigenvalue weighted by Gasteiger charge is -2.23. The van der Waals surface area contributed by atoms with E-state index < -0.39 is 17.9 Å². The van der Waals surface area contributed by atoms with E-state index in [9.17, 15) is 14.4 Å². The maximum atomic E-state index is 12.7. The van der Waals surface area contributed by atoms with Crippen molar-refractivity contribution in [3.8, 4) is 0 Å². The molecular weight excluding hydrogens is 378 g/mol. The van der Waals surface area contributed by atoms with Crippen LogP contribution < -0.4 is 16.1 Å². The van der Waals surface area contributed by atoms with E-state index in [1.54, 1.807) is 17.2 Å². The van der Waals surface area contributed by atoms with Gasteiger partial charge in [0.05, 0.1) is 0 Å². The average Bonchev–Trinajstić information content (AvgIpc) is 2.68. The Kier molecular flexibility index (Phi) is 11.3. The molecule has 0 aliphatic carbocycles. The van der Waals surface area contributed by atoms with Crippen LogP contribution in [-0.4, -0.2) is 41.0 Å². The second-order valence-corrected chi connectivity index (χ2v) is 8.10. The summed E-state index contributed by atoms with van der Waals surface area (Å²) in [6, 6.07) is 8.87. The van der Waals surface area contributed by atoms with Crippen LogP contribution in [0.3, 0.4) is 0 Å². The van der Waals surface area contributed by atoms with Crippen LogP contribution in [0.25, 0.3) is 0 Å². The first-order chi connectivity index (χ1) is 13.4. The molecule has 1 rings (SSSR count). The van der Waals surface area contributed by atoms with Crippen molar-refractivity contribution in [1.29, 1.82) is 0 Å². The molecule has 0 aliphatic heterocycles. The molecule has 0 radical (unpaired) electrons. The quantitative estimate of drug-likeness (QED) is 0.312. The molecule has 28 heavy (non-hydrogen) atoms. The highest BCUT2D eigenvalue weighted by molar-refractivity contribution is 7.98. The highest BCUT2D eigenvalue weighted by atomic mass is 32.2. The fourth-order valence-electron chi connectivity index (χ4n) is 2.82. The monoisotopic (exact) mass is 409 g/mol. The first-order valence-electron chi connectivity index (χ1n) is 9.41. The zero-order valence-electron chi connectivity index (χ0n) is 16.7. The summed E-state index contributed by atoms with van der Waals surface area (Å²) in [7, 11) is 0. The summed E-state index contributed by atoms with van der Waals surface area (Å²) >= 11 is 1.59. The van der Waals surface area contributed by atoms with Gasteiger partial charge in [0.2, 0.25) is 17.7 Å². The average molecular weight is 410 g/mol. The van der Waals surface area contributed by atoms with E-state index in [1.807, 2.05) is 50.4 Å². The van der Waals surface area contributed by atoms with E-state index in [-0.39, 0.29) is 24.2 Å². The Labute approximate surface area is 171 Å². The number of carbonyl (C=O) groups is 3. The second kappa shape index (κ2) is 13.2. The molecule has 3 amide bonds. The molecule has 0 fully saturated rings. The summed E-state index contributed by atoms with van der Waals surface area (Å²) < 4.78 is 0. The molecule has 0 spiro atoms. The van der Waals surface area contributed by atoms with E-state index in [0.717, 1.165) is 11.3 Å². The molecule has 1 unspecified atom stereocenters. The zero-order chi connectivity index (χ0) is 20.9. The number of hydrogen-bond donors (Lipinski definition) is 4. The summed E-state index contributed by atoms with van der Waals surface area (Å²) in [6.07, 6.45) is 2.80. The molecule has 156 valence electrons. The number of hydrogen-bond acceptors (Lipinski definition) is 5. The summed E-state index contributed by atoms with van der Waals surface area (Å²) in [5.74, 6) is -0.908. The van der Waals surface area contributed by atoms with Crippen LogP contribution in [0.2, 0.25) is 0 Å². The number of benzene rings is 1. The number of amides is 3. The molecule has 2 atom stereocenters. The van der Waals surface area contributed by atoms with Crippen LogP contribution in [0.15, 0.2) is 30.3 Å². The van der Waals surface area contributed by atoms with Gasteiger partial charge < -0.3 is 10.6 Å². The minimum Gasteiger partial charge on any atom is -0.350 e. The summed E-state index contributed by atoms with van der Waals surface area (Å²) in [5, 5.41) is 14.4. The molecule has 4 N–H and O–H groups in total. The summed E-state index contributed by atoms with van der Waals surface area (Å²) in [5.41, 5.74) is 2.55. The molecule has 0 saturated carbocycles. The van der Waals surface area contributed by atoms with Crippen molar-refractivity contribution in [3.63, 3.8) is 0 Å². The third-order valence-corrected chi connectivity index (χ3v) is 4.88. The van der Waals surface area contributed by atoms with Crippen molar-refractivity contribution in [2.24, 2.45) is 11.8 Å². The van der Waals surface area contributed by atoms with Crippen molar-refractivity contribution < 1.29 is 19.6 Å². The van der Waals surface area contributed by atoms with Crippen LogP contribution in [0, 0.1) is 11.8 Å². The molecule has 0 saturated heterocycles. The Balaban J connectivity index is 2.75. The fraction of sp³-hybridized carbons (Fsp3) is 0.550. The predicted molar refractivity (Wildman–Crippen MR) is 111 cm³/mol. The zero-order valence-corrected chi connectivity index (χ0v) is 17.6. The van der Waals surface area contributed by atoms with Gasteiger partial charge in [-0.3, -0.25) is 19.6 Å². The highest BCUT2D eigenvalue weighted by Crippen LogP contribution is 2.16. The third kappa shape index (κ3) is 9.23. The van der Waals surface area contributed by atoms with Crippen molar-refractivity contribution in [2.75, 3.05) is 12.0 Å². The van der Waals surface area contributed by atoms with Gasteiger partial charge in [0.25, 0.3) is 0 Å². The van der Waals surface area contributed by atoms with E-state index in [4.69, 9.17) is 5.21 Å².